The van der Waals surface area contributed by atoms with E-state index in [1.165, 1.54) is 27.1 Å². The molecular formula is C102H72N2O2P2. The van der Waals surface area contributed by atoms with Crippen LogP contribution in [0.1, 0.15) is 0 Å². The van der Waals surface area contributed by atoms with E-state index in [1.807, 2.05) is 170 Å². The van der Waals surface area contributed by atoms with Crippen molar-refractivity contribution in [3.63, 3.8) is 0 Å². The molecule has 0 saturated carbocycles. The lowest BCUT2D eigenvalue weighted by atomic mass is 9.94. The molecule has 4 nitrogen and oxygen atoms in total. The number of hydrogen-bond donors (Lipinski definition) is 0. The lowest BCUT2D eigenvalue weighted by Crippen LogP contribution is -2.24. The van der Waals surface area contributed by atoms with Gasteiger partial charge in [-0.15, -0.1) is 0 Å². The molecule has 0 aliphatic rings. The third-order valence-electron chi connectivity index (χ3n) is 20.3. The fourth-order valence-corrected chi connectivity index (χ4v) is 19.9. The van der Waals surface area contributed by atoms with Gasteiger partial charge < -0.3 is 9.13 Å². The van der Waals surface area contributed by atoms with Crippen LogP contribution in [0.15, 0.2) is 437 Å². The minimum Gasteiger partial charge on any atom is -0.309 e. The molecule has 0 spiro atoms. The van der Waals surface area contributed by atoms with E-state index < -0.39 is 14.3 Å². The zero-order valence-corrected chi connectivity index (χ0v) is 61.0. The van der Waals surface area contributed by atoms with Gasteiger partial charge in [0, 0.05) is 54.1 Å². The first-order valence-corrected chi connectivity index (χ1v) is 39.9. The second-order valence-electron chi connectivity index (χ2n) is 27.0. The van der Waals surface area contributed by atoms with Gasteiger partial charge in [0.05, 0.1) is 22.8 Å². The summed E-state index contributed by atoms with van der Waals surface area (Å²) >= 11 is 0. The minimum absolute atomic E-state index is 0.825. The summed E-state index contributed by atoms with van der Waals surface area (Å²) < 4.78 is 29.8. The van der Waals surface area contributed by atoms with E-state index in [0.29, 0.717) is 0 Å². The summed E-state index contributed by atoms with van der Waals surface area (Å²) in [5.41, 5.74) is 21.8. The SMILES string of the molecule is O=P(c1ccccc1)(c1ccccc1)c1ccc(-c2ccc3ccc(-c4ccc(-c5cc(-c6ccccc6)cc(-c6ccccc6)n5)cc4)cc3c2)cc1.O=P(c1ccccc1)(c1ccccc1)c1ccc(-c2cccc3ccc(-c4ccc(-c5cc(-c6ccccc6)nc(-c6ccccc6)c5)cc4)cc23)cc1. The number of aromatic nitrogens is 2. The first kappa shape index (κ1) is 67.9. The molecule has 6 heteroatoms. The molecule has 0 radical (unpaired) electrons. The molecule has 18 aromatic rings. The predicted octanol–water partition coefficient (Wildman–Crippen LogP) is 24.4. The molecule has 18 rings (SSSR count). The van der Waals surface area contributed by atoms with E-state index in [2.05, 4.69) is 267 Å². The third kappa shape index (κ3) is 14.1. The van der Waals surface area contributed by atoms with Gasteiger partial charge in [-0.1, -0.05) is 394 Å². The lowest BCUT2D eigenvalue weighted by Gasteiger charge is -2.20. The molecule has 0 bridgehead atoms. The van der Waals surface area contributed by atoms with Gasteiger partial charge in [-0.3, -0.25) is 0 Å². The van der Waals surface area contributed by atoms with Crippen molar-refractivity contribution in [3.05, 3.63) is 437 Å². The molecule has 512 valence electrons. The number of fused-ring (bicyclic) bond motifs is 2. The fourth-order valence-electron chi connectivity index (χ4n) is 14.6. The maximum absolute atomic E-state index is 15.0. The average Bonchev–Trinajstić information content (AvgIpc) is 0.767. The minimum atomic E-state index is -3.05. The molecule has 108 heavy (non-hydrogen) atoms. The fraction of sp³-hybridized carbons (Fsp3) is 0. The molecule has 2 aromatic heterocycles. The molecule has 2 heterocycles. The largest absolute Gasteiger partial charge is 0.309 e. The molecule has 0 unspecified atom stereocenters. The van der Waals surface area contributed by atoms with Crippen molar-refractivity contribution in [1.29, 1.82) is 0 Å². The van der Waals surface area contributed by atoms with Crippen molar-refractivity contribution in [2.45, 2.75) is 0 Å². The van der Waals surface area contributed by atoms with E-state index in [-0.39, 0.29) is 0 Å². The van der Waals surface area contributed by atoms with Gasteiger partial charge in [-0.05, 0) is 131 Å². The topological polar surface area (TPSA) is 59.9 Å². The average molecular weight is 1420 g/mol. The van der Waals surface area contributed by atoms with E-state index in [4.69, 9.17) is 9.97 Å². The van der Waals surface area contributed by atoms with Crippen LogP contribution in [0.25, 0.3) is 133 Å². The Morgan fingerprint density at radius 3 is 0.769 bits per heavy atom. The summed E-state index contributed by atoms with van der Waals surface area (Å²) in [7, 11) is -6.08. The van der Waals surface area contributed by atoms with E-state index in [9.17, 15) is 9.13 Å². The van der Waals surface area contributed by atoms with Crippen LogP contribution in [-0.4, -0.2) is 9.97 Å². The monoisotopic (exact) mass is 1420 g/mol. The van der Waals surface area contributed by atoms with E-state index >= 15 is 0 Å². The third-order valence-corrected chi connectivity index (χ3v) is 26.5. The summed E-state index contributed by atoms with van der Waals surface area (Å²) in [6.45, 7) is 0. The van der Waals surface area contributed by atoms with Crippen molar-refractivity contribution in [3.8, 4) is 112 Å². The maximum atomic E-state index is 15.0. The molecule has 0 aliphatic carbocycles. The summed E-state index contributed by atoms with van der Waals surface area (Å²) in [4.78, 5) is 10.2. The Labute approximate surface area is 631 Å². The number of pyridine rings is 2. The number of nitrogens with zero attached hydrogens (tertiary/aromatic N) is 2. The van der Waals surface area contributed by atoms with Crippen LogP contribution in [-0.2, 0) is 9.13 Å². The summed E-state index contributed by atoms with van der Waals surface area (Å²) in [5.74, 6) is 0. The van der Waals surface area contributed by atoms with Crippen LogP contribution in [0, 0.1) is 0 Å². The highest BCUT2D eigenvalue weighted by atomic mass is 31.2. The van der Waals surface area contributed by atoms with Crippen molar-refractivity contribution in [2.24, 2.45) is 0 Å². The Balaban J connectivity index is 0.000000158. The number of benzene rings is 16. The summed E-state index contributed by atoms with van der Waals surface area (Å²) in [6.07, 6.45) is 0. The Morgan fingerprint density at radius 1 is 0.157 bits per heavy atom. The van der Waals surface area contributed by atoms with Gasteiger partial charge in [-0.2, -0.15) is 0 Å². The van der Waals surface area contributed by atoms with Crippen LogP contribution in [0.4, 0.5) is 0 Å². The second kappa shape index (κ2) is 30.5. The molecule has 16 aromatic carbocycles. The van der Waals surface area contributed by atoms with Crippen molar-refractivity contribution < 1.29 is 9.13 Å². The van der Waals surface area contributed by atoms with Crippen LogP contribution in [0.3, 0.4) is 0 Å². The van der Waals surface area contributed by atoms with E-state index in [1.54, 1.807) is 0 Å². The van der Waals surface area contributed by atoms with Crippen molar-refractivity contribution >= 4 is 67.7 Å². The number of rotatable bonds is 16. The predicted molar refractivity (Wildman–Crippen MR) is 457 cm³/mol. The standard InChI is InChI=1S/2C51H36NOP/c53-54(45-19-9-3-10-20-45,46-21-11-4-12-22-46)47-32-30-40(31-33-47)48-23-13-18-39-28-29-43(34-49(39)48)37-24-26-38(27-25-37)44-35-50(41-14-5-1-6-15-41)52-51(36-44)42-16-7-2-8-17-42;53-54(47-17-9-3-10-18-47,48-19-11-4-12-20-48)49-31-29-39(30-32-49)44-28-24-40-23-27-43(33-45(40)34-44)38-21-25-42(26-22-38)51-36-46(37-13-5-1-6-14-37)35-50(52-51)41-15-7-2-8-16-41/h2*1-36H. The lowest BCUT2D eigenvalue weighted by molar-refractivity contribution is 0.591. The van der Waals surface area contributed by atoms with Gasteiger partial charge in [0.1, 0.15) is 0 Å². The smallest absolute Gasteiger partial charge is 0.171 e. The van der Waals surface area contributed by atoms with Gasteiger partial charge in [0.15, 0.2) is 14.3 Å². The van der Waals surface area contributed by atoms with Gasteiger partial charge >= 0.3 is 0 Å². The van der Waals surface area contributed by atoms with Gasteiger partial charge in [0.2, 0.25) is 0 Å². The molecular weight excluding hydrogens is 1350 g/mol. The maximum Gasteiger partial charge on any atom is 0.171 e. The van der Waals surface area contributed by atoms with Crippen molar-refractivity contribution in [1.82, 2.24) is 9.97 Å². The Hall–Kier alpha value is -13.2. The molecule has 0 amide bonds. The van der Waals surface area contributed by atoms with E-state index in [0.717, 1.165) is 138 Å². The van der Waals surface area contributed by atoms with Crippen molar-refractivity contribution in [2.75, 3.05) is 0 Å². The van der Waals surface area contributed by atoms with Crippen LogP contribution in [0.5, 0.6) is 0 Å². The quantitative estimate of drug-likeness (QED) is 0.0905. The molecule has 0 N–H and O–H groups in total. The first-order chi connectivity index (χ1) is 53.2. The molecule has 0 atom stereocenters. The van der Waals surface area contributed by atoms with Gasteiger partial charge in [-0.25, -0.2) is 9.97 Å². The van der Waals surface area contributed by atoms with Gasteiger partial charge in [0.25, 0.3) is 0 Å². The molecule has 0 saturated heterocycles. The Kier molecular flexibility index (Phi) is 19.2. The number of hydrogen-bond acceptors (Lipinski definition) is 4. The highest BCUT2D eigenvalue weighted by Crippen LogP contribution is 2.45. The highest BCUT2D eigenvalue weighted by Gasteiger charge is 2.31. The zero-order chi connectivity index (χ0) is 72.6. The van der Waals surface area contributed by atoms with Crippen LogP contribution < -0.4 is 31.8 Å². The first-order valence-electron chi connectivity index (χ1n) is 36.4. The Morgan fingerprint density at radius 2 is 0.407 bits per heavy atom. The van der Waals surface area contributed by atoms with Crippen LogP contribution >= 0.6 is 14.3 Å². The summed E-state index contributed by atoms with van der Waals surface area (Å²) in [5, 5.41) is 9.70. The van der Waals surface area contributed by atoms with Crippen LogP contribution in [0.2, 0.25) is 0 Å². The highest BCUT2D eigenvalue weighted by molar-refractivity contribution is 7.85. The second-order valence-corrected chi connectivity index (χ2v) is 32.6. The molecule has 0 fully saturated rings. The normalized spacial score (nSPS) is 11.4. The Bertz CT molecular complexity index is 6070. The summed E-state index contributed by atoms with van der Waals surface area (Å²) in [6, 6.07) is 150. The molecule has 0 aliphatic heterocycles. The zero-order valence-electron chi connectivity index (χ0n) is 59.2.